The number of nitrogen functional groups attached to an aromatic ring is 1. The summed E-state index contributed by atoms with van der Waals surface area (Å²) in [5.41, 5.74) is 5.45. The number of hydrogen-bond acceptors (Lipinski definition) is 4. The van der Waals surface area contributed by atoms with Crippen molar-refractivity contribution in [1.82, 2.24) is 0 Å². The molecule has 0 bridgehead atoms. The number of rotatable bonds is 1. The lowest BCUT2D eigenvalue weighted by atomic mass is 10.5. The van der Waals surface area contributed by atoms with E-state index in [0.717, 1.165) is 11.3 Å². The van der Waals surface area contributed by atoms with Gasteiger partial charge in [-0.2, -0.15) is 0 Å². The Labute approximate surface area is 55.1 Å². The number of nitrogens with two attached hydrogens (primary N) is 1. The summed E-state index contributed by atoms with van der Waals surface area (Å²) < 4.78 is 0. The maximum Gasteiger partial charge on any atom is 0.346 e. The van der Waals surface area contributed by atoms with Crippen LogP contribution in [0.15, 0.2) is 11.4 Å². The Morgan fingerprint density at radius 1 is 1.78 bits per heavy atom. The largest absolute Gasteiger partial charge is 0.392 e. The SMILES string of the molecule is Nc1ccsc1[N+](=O)[O-]. The van der Waals surface area contributed by atoms with E-state index >= 15 is 0 Å². The molecule has 0 fully saturated rings. The fourth-order valence-corrected chi connectivity index (χ4v) is 1.09. The molecule has 0 saturated heterocycles. The predicted octanol–water partition coefficient (Wildman–Crippen LogP) is 1.24. The molecule has 0 aromatic carbocycles. The molecule has 0 spiro atoms. The average Bonchev–Trinajstić information content (AvgIpc) is 2.13. The van der Waals surface area contributed by atoms with Gasteiger partial charge in [0.05, 0.1) is 4.92 Å². The third-order valence-corrected chi connectivity index (χ3v) is 1.72. The van der Waals surface area contributed by atoms with Crippen LogP contribution in [0.1, 0.15) is 0 Å². The first-order valence-corrected chi connectivity index (χ1v) is 3.07. The van der Waals surface area contributed by atoms with Crippen molar-refractivity contribution in [2.45, 2.75) is 0 Å². The predicted molar refractivity (Wildman–Crippen MR) is 35.4 cm³/mol. The van der Waals surface area contributed by atoms with Crippen LogP contribution in [0.2, 0.25) is 0 Å². The van der Waals surface area contributed by atoms with Gasteiger partial charge in [-0.25, -0.2) is 0 Å². The number of hydrogen-bond donors (Lipinski definition) is 1. The van der Waals surface area contributed by atoms with Gasteiger partial charge in [0, 0.05) is 0 Å². The van der Waals surface area contributed by atoms with E-state index in [9.17, 15) is 10.1 Å². The van der Waals surface area contributed by atoms with E-state index in [-0.39, 0.29) is 10.7 Å². The third kappa shape index (κ3) is 0.996. The molecule has 0 aliphatic carbocycles. The summed E-state index contributed by atoms with van der Waals surface area (Å²) in [6, 6.07) is 1.52. The molecule has 1 aromatic heterocycles. The molecule has 0 amide bonds. The summed E-state index contributed by atoms with van der Waals surface area (Å²) in [5.74, 6) is 0. The zero-order valence-electron chi connectivity index (χ0n) is 4.40. The highest BCUT2D eigenvalue weighted by molar-refractivity contribution is 7.14. The summed E-state index contributed by atoms with van der Waals surface area (Å²) in [7, 11) is 0. The van der Waals surface area contributed by atoms with Gasteiger partial charge in [-0.15, -0.1) is 0 Å². The number of nitrogens with zero attached hydrogens (tertiary/aromatic N) is 1. The highest BCUT2D eigenvalue weighted by Crippen LogP contribution is 2.26. The number of anilines is 1. The quantitative estimate of drug-likeness (QED) is 0.476. The van der Waals surface area contributed by atoms with Crippen molar-refractivity contribution in [3.8, 4) is 0 Å². The van der Waals surface area contributed by atoms with Crippen LogP contribution in [-0.4, -0.2) is 4.92 Å². The Balaban J connectivity index is 3.08. The molecule has 0 saturated carbocycles. The van der Waals surface area contributed by atoms with Gasteiger partial charge in [0.1, 0.15) is 5.69 Å². The molecule has 1 aromatic rings. The summed E-state index contributed by atoms with van der Waals surface area (Å²) in [5, 5.41) is 11.6. The van der Waals surface area contributed by atoms with E-state index in [0.29, 0.717) is 0 Å². The average molecular weight is 144 g/mol. The maximum atomic E-state index is 10.0. The smallest absolute Gasteiger partial charge is 0.346 e. The van der Waals surface area contributed by atoms with E-state index in [2.05, 4.69) is 0 Å². The second kappa shape index (κ2) is 2.02. The molecule has 0 atom stereocenters. The zero-order valence-corrected chi connectivity index (χ0v) is 5.22. The van der Waals surface area contributed by atoms with Crippen molar-refractivity contribution in [3.63, 3.8) is 0 Å². The van der Waals surface area contributed by atoms with Gasteiger partial charge >= 0.3 is 5.00 Å². The molecule has 0 radical (unpaired) electrons. The van der Waals surface area contributed by atoms with E-state index in [1.54, 1.807) is 5.38 Å². The maximum absolute atomic E-state index is 10.0. The Morgan fingerprint density at radius 3 is 2.67 bits per heavy atom. The minimum Gasteiger partial charge on any atom is -0.392 e. The summed E-state index contributed by atoms with van der Waals surface area (Å²) in [6.45, 7) is 0. The van der Waals surface area contributed by atoms with Crippen LogP contribution in [-0.2, 0) is 0 Å². The number of nitro groups is 1. The standard InChI is InChI=1S/C4H4N2O2S/c5-3-1-2-9-4(3)6(7)8/h1-2H,5H2. The lowest BCUT2D eigenvalue weighted by molar-refractivity contribution is -0.379. The van der Waals surface area contributed by atoms with Crippen molar-refractivity contribution in [2.24, 2.45) is 0 Å². The fraction of sp³-hybridized carbons (Fsp3) is 0. The summed E-state index contributed by atoms with van der Waals surface area (Å²) in [6.07, 6.45) is 0. The molecule has 4 nitrogen and oxygen atoms in total. The normalized spacial score (nSPS) is 9.33. The van der Waals surface area contributed by atoms with Gasteiger partial charge in [0.25, 0.3) is 0 Å². The molecule has 2 N–H and O–H groups in total. The van der Waals surface area contributed by atoms with Crippen LogP contribution < -0.4 is 5.73 Å². The Kier molecular flexibility index (Phi) is 1.35. The number of thiophene rings is 1. The first kappa shape index (κ1) is 6.03. The van der Waals surface area contributed by atoms with Crippen molar-refractivity contribution in [1.29, 1.82) is 0 Å². The molecule has 5 heteroatoms. The second-order valence-corrected chi connectivity index (χ2v) is 2.33. The van der Waals surface area contributed by atoms with Gasteiger partial charge in [0.2, 0.25) is 0 Å². The Morgan fingerprint density at radius 2 is 2.44 bits per heavy atom. The highest BCUT2D eigenvalue weighted by Gasteiger charge is 2.10. The van der Waals surface area contributed by atoms with Crippen LogP contribution in [0.25, 0.3) is 0 Å². The Bertz CT molecular complexity index is 232. The molecule has 0 aliphatic heterocycles. The van der Waals surface area contributed by atoms with Gasteiger partial charge < -0.3 is 5.73 Å². The summed E-state index contributed by atoms with van der Waals surface area (Å²) in [4.78, 5) is 9.53. The molecular formula is C4H4N2O2S. The van der Waals surface area contributed by atoms with Crippen LogP contribution in [0, 0.1) is 10.1 Å². The molecule has 0 aliphatic rings. The molecule has 48 valence electrons. The molecule has 0 unspecified atom stereocenters. The first-order chi connectivity index (χ1) is 4.22. The molecule has 1 rings (SSSR count). The van der Waals surface area contributed by atoms with Crippen molar-refractivity contribution in [3.05, 3.63) is 21.6 Å². The van der Waals surface area contributed by atoms with Crippen LogP contribution in [0.4, 0.5) is 10.7 Å². The summed E-state index contributed by atoms with van der Waals surface area (Å²) >= 11 is 1.03. The monoisotopic (exact) mass is 144 g/mol. The van der Waals surface area contributed by atoms with Crippen molar-refractivity contribution >= 4 is 22.0 Å². The van der Waals surface area contributed by atoms with E-state index in [4.69, 9.17) is 5.73 Å². The zero-order chi connectivity index (χ0) is 6.85. The molecule has 1 heterocycles. The topological polar surface area (TPSA) is 69.2 Å². The minimum atomic E-state index is -0.486. The fourth-order valence-electron chi connectivity index (χ4n) is 0.460. The van der Waals surface area contributed by atoms with E-state index in [1.165, 1.54) is 6.07 Å². The van der Waals surface area contributed by atoms with Crippen molar-refractivity contribution < 1.29 is 4.92 Å². The lowest BCUT2D eigenvalue weighted by Crippen LogP contribution is -1.89. The van der Waals surface area contributed by atoms with Gasteiger partial charge in [-0.05, 0) is 11.4 Å². The third-order valence-electron chi connectivity index (χ3n) is 0.840. The molecule has 9 heavy (non-hydrogen) atoms. The first-order valence-electron chi connectivity index (χ1n) is 2.19. The van der Waals surface area contributed by atoms with E-state index < -0.39 is 4.92 Å². The second-order valence-electron chi connectivity index (χ2n) is 1.44. The van der Waals surface area contributed by atoms with Gasteiger partial charge in [-0.3, -0.25) is 10.1 Å². The van der Waals surface area contributed by atoms with Gasteiger partial charge in [-0.1, -0.05) is 11.3 Å². The minimum absolute atomic E-state index is 0.0231. The highest BCUT2D eigenvalue weighted by atomic mass is 32.1. The van der Waals surface area contributed by atoms with Gasteiger partial charge in [0.15, 0.2) is 0 Å². The van der Waals surface area contributed by atoms with Crippen LogP contribution in [0.3, 0.4) is 0 Å². The lowest BCUT2D eigenvalue weighted by Gasteiger charge is -1.83. The van der Waals surface area contributed by atoms with Crippen molar-refractivity contribution in [2.75, 3.05) is 5.73 Å². The molecular weight excluding hydrogens is 140 g/mol. The Hall–Kier alpha value is -1.10. The van der Waals surface area contributed by atoms with E-state index in [1.807, 2.05) is 0 Å². The van der Waals surface area contributed by atoms with Crippen LogP contribution >= 0.6 is 11.3 Å². The van der Waals surface area contributed by atoms with Crippen LogP contribution in [0.5, 0.6) is 0 Å².